The van der Waals surface area contributed by atoms with Crippen molar-refractivity contribution in [1.82, 2.24) is 15.2 Å². The van der Waals surface area contributed by atoms with E-state index in [-0.39, 0.29) is 11.9 Å². The first-order valence-electron chi connectivity index (χ1n) is 9.17. The standard InChI is InChI=1S/C18H30N4O2S/c1-4-24-17(23)15-8-7-11-22(12-15)18(19-3)20-10-6-5-9-16-21-14(2)13-25-16/h13,15H,4-12H2,1-3H3,(H,19,20). The fraction of sp³-hybridized carbons (Fsp3) is 0.722. The number of hydrogen-bond acceptors (Lipinski definition) is 5. The first kappa shape index (κ1) is 19.7. The molecule has 140 valence electrons. The van der Waals surface area contributed by atoms with Gasteiger partial charge in [0.25, 0.3) is 0 Å². The number of nitrogens with one attached hydrogen (secondary N) is 1. The van der Waals surface area contributed by atoms with Crippen molar-refractivity contribution in [2.45, 2.75) is 46.0 Å². The van der Waals surface area contributed by atoms with E-state index in [4.69, 9.17) is 4.74 Å². The molecule has 2 rings (SSSR count). The number of aromatic nitrogens is 1. The van der Waals surface area contributed by atoms with Crippen LogP contribution >= 0.6 is 11.3 Å². The van der Waals surface area contributed by atoms with E-state index in [1.165, 1.54) is 5.01 Å². The number of guanidine groups is 1. The number of aryl methyl sites for hydroxylation is 2. The van der Waals surface area contributed by atoms with E-state index in [0.29, 0.717) is 13.2 Å². The first-order valence-corrected chi connectivity index (χ1v) is 10.0. The Morgan fingerprint density at radius 2 is 2.36 bits per heavy atom. The highest BCUT2D eigenvalue weighted by Gasteiger charge is 2.28. The lowest BCUT2D eigenvalue weighted by atomic mass is 9.98. The summed E-state index contributed by atoms with van der Waals surface area (Å²) in [6.07, 6.45) is 5.12. The van der Waals surface area contributed by atoms with E-state index in [9.17, 15) is 4.79 Å². The highest BCUT2D eigenvalue weighted by atomic mass is 32.1. The topological polar surface area (TPSA) is 66.8 Å². The molecule has 1 fully saturated rings. The molecule has 0 saturated carbocycles. The predicted molar refractivity (Wildman–Crippen MR) is 102 cm³/mol. The molecular formula is C18H30N4O2S. The third kappa shape index (κ3) is 6.30. The second kappa shape index (κ2) is 10.4. The molecule has 1 aliphatic heterocycles. The Kier molecular flexibility index (Phi) is 8.18. The molecule has 2 heterocycles. The van der Waals surface area contributed by atoms with Crippen molar-refractivity contribution in [2.75, 3.05) is 33.3 Å². The lowest BCUT2D eigenvalue weighted by Gasteiger charge is -2.33. The van der Waals surface area contributed by atoms with Crippen molar-refractivity contribution >= 4 is 23.3 Å². The molecule has 1 atom stereocenters. The Bertz CT molecular complexity index is 573. The van der Waals surface area contributed by atoms with Gasteiger partial charge in [0, 0.05) is 37.8 Å². The first-order chi connectivity index (χ1) is 12.1. The summed E-state index contributed by atoms with van der Waals surface area (Å²) in [5.74, 6) is 0.765. The molecule has 0 aromatic carbocycles. The molecular weight excluding hydrogens is 336 g/mol. The fourth-order valence-corrected chi connectivity index (χ4v) is 3.89. The normalized spacial score (nSPS) is 18.3. The molecule has 0 aliphatic carbocycles. The van der Waals surface area contributed by atoms with E-state index in [1.807, 2.05) is 13.8 Å². The zero-order chi connectivity index (χ0) is 18.1. The van der Waals surface area contributed by atoms with Gasteiger partial charge in [0.15, 0.2) is 5.96 Å². The molecule has 0 bridgehead atoms. The lowest BCUT2D eigenvalue weighted by molar-refractivity contribution is -0.149. The van der Waals surface area contributed by atoms with Crippen LogP contribution in [0.25, 0.3) is 0 Å². The van der Waals surface area contributed by atoms with Crippen molar-refractivity contribution in [2.24, 2.45) is 10.9 Å². The number of esters is 1. The molecule has 0 amide bonds. The number of aliphatic imine (C=N–C) groups is 1. The van der Waals surface area contributed by atoms with Crippen LogP contribution in [0.1, 0.15) is 43.3 Å². The Morgan fingerprint density at radius 1 is 1.52 bits per heavy atom. The van der Waals surface area contributed by atoms with Gasteiger partial charge >= 0.3 is 5.97 Å². The molecule has 1 unspecified atom stereocenters. The number of piperidine rings is 1. The number of carbonyl (C=O) groups is 1. The average molecular weight is 367 g/mol. The van der Waals surface area contributed by atoms with Gasteiger partial charge in [0.1, 0.15) is 0 Å². The maximum Gasteiger partial charge on any atom is 0.310 e. The summed E-state index contributed by atoms with van der Waals surface area (Å²) < 4.78 is 5.17. The van der Waals surface area contributed by atoms with Gasteiger partial charge in [-0.25, -0.2) is 4.98 Å². The summed E-state index contributed by atoms with van der Waals surface area (Å²) in [6, 6.07) is 0. The molecule has 7 heteroatoms. The predicted octanol–water partition coefficient (Wildman–Crippen LogP) is 2.62. The van der Waals surface area contributed by atoms with Crippen LogP contribution in [0.5, 0.6) is 0 Å². The summed E-state index contributed by atoms with van der Waals surface area (Å²) >= 11 is 1.74. The number of likely N-dealkylation sites (tertiary alicyclic amines) is 1. The number of rotatable bonds is 7. The van der Waals surface area contributed by atoms with Crippen LogP contribution in [-0.2, 0) is 16.0 Å². The molecule has 1 N–H and O–H groups in total. The van der Waals surface area contributed by atoms with Crippen molar-refractivity contribution in [3.05, 3.63) is 16.1 Å². The molecule has 1 aromatic rings. The van der Waals surface area contributed by atoms with Crippen LogP contribution in [-0.4, -0.2) is 55.1 Å². The highest BCUT2D eigenvalue weighted by molar-refractivity contribution is 7.09. The van der Waals surface area contributed by atoms with Crippen LogP contribution in [0.15, 0.2) is 10.4 Å². The van der Waals surface area contributed by atoms with Gasteiger partial charge in [-0.15, -0.1) is 11.3 Å². The molecule has 1 aliphatic rings. The van der Waals surface area contributed by atoms with Crippen molar-refractivity contribution in [3.8, 4) is 0 Å². The Balaban J connectivity index is 1.71. The lowest BCUT2D eigenvalue weighted by Crippen LogP contribution is -2.48. The second-order valence-corrected chi connectivity index (χ2v) is 7.29. The monoisotopic (exact) mass is 366 g/mol. The van der Waals surface area contributed by atoms with E-state index in [1.54, 1.807) is 18.4 Å². The van der Waals surface area contributed by atoms with E-state index < -0.39 is 0 Å². The maximum atomic E-state index is 12.0. The third-order valence-electron chi connectivity index (χ3n) is 4.32. The van der Waals surface area contributed by atoms with Gasteiger partial charge < -0.3 is 15.0 Å². The van der Waals surface area contributed by atoms with Crippen molar-refractivity contribution in [1.29, 1.82) is 0 Å². The van der Waals surface area contributed by atoms with Gasteiger partial charge in [-0.2, -0.15) is 0 Å². The van der Waals surface area contributed by atoms with Gasteiger partial charge in [0.2, 0.25) is 0 Å². The van der Waals surface area contributed by atoms with Gasteiger partial charge in [0.05, 0.1) is 17.5 Å². The van der Waals surface area contributed by atoms with E-state index >= 15 is 0 Å². The second-order valence-electron chi connectivity index (χ2n) is 6.35. The summed E-state index contributed by atoms with van der Waals surface area (Å²) in [7, 11) is 1.80. The van der Waals surface area contributed by atoms with Gasteiger partial charge in [-0.3, -0.25) is 9.79 Å². The number of thiazole rings is 1. The minimum Gasteiger partial charge on any atom is -0.466 e. The van der Waals surface area contributed by atoms with Gasteiger partial charge in [-0.1, -0.05) is 0 Å². The summed E-state index contributed by atoms with van der Waals surface area (Å²) in [5, 5.41) is 6.75. The summed E-state index contributed by atoms with van der Waals surface area (Å²) in [4.78, 5) is 23.0. The smallest absolute Gasteiger partial charge is 0.310 e. The Hall–Kier alpha value is -1.63. The minimum absolute atomic E-state index is 0.0413. The third-order valence-corrected chi connectivity index (χ3v) is 5.35. The molecule has 0 spiro atoms. The van der Waals surface area contributed by atoms with Crippen LogP contribution < -0.4 is 5.32 Å². The largest absolute Gasteiger partial charge is 0.466 e. The SMILES string of the molecule is CCOC(=O)C1CCCN(C(=NC)NCCCCc2nc(C)cs2)C1. The van der Waals surface area contributed by atoms with Gasteiger partial charge in [-0.05, 0) is 46.0 Å². The number of unbranched alkanes of at least 4 members (excludes halogenated alkanes) is 1. The molecule has 25 heavy (non-hydrogen) atoms. The van der Waals surface area contributed by atoms with Crippen LogP contribution in [0.4, 0.5) is 0 Å². The Labute approximate surface area is 154 Å². The number of nitrogens with zero attached hydrogens (tertiary/aromatic N) is 3. The fourth-order valence-electron chi connectivity index (χ4n) is 3.07. The minimum atomic E-state index is -0.0820. The summed E-state index contributed by atoms with van der Waals surface area (Å²) in [5.41, 5.74) is 1.11. The van der Waals surface area contributed by atoms with Crippen molar-refractivity contribution in [3.63, 3.8) is 0 Å². The highest BCUT2D eigenvalue weighted by Crippen LogP contribution is 2.18. The number of hydrogen-bond donors (Lipinski definition) is 1. The Morgan fingerprint density at radius 3 is 3.04 bits per heavy atom. The van der Waals surface area contributed by atoms with Crippen LogP contribution in [0.3, 0.4) is 0 Å². The molecule has 1 saturated heterocycles. The number of carbonyl (C=O) groups excluding carboxylic acids is 1. The zero-order valence-corrected chi connectivity index (χ0v) is 16.4. The van der Waals surface area contributed by atoms with E-state index in [2.05, 4.69) is 25.6 Å². The average Bonchev–Trinajstić information content (AvgIpc) is 3.03. The molecule has 1 aromatic heterocycles. The zero-order valence-electron chi connectivity index (χ0n) is 15.6. The van der Waals surface area contributed by atoms with Crippen LogP contribution in [0, 0.1) is 12.8 Å². The number of ether oxygens (including phenoxy) is 1. The summed E-state index contributed by atoms with van der Waals surface area (Å²) in [6.45, 7) is 6.85. The van der Waals surface area contributed by atoms with E-state index in [0.717, 1.165) is 56.8 Å². The van der Waals surface area contributed by atoms with Crippen LogP contribution in [0.2, 0.25) is 0 Å². The molecule has 6 nitrogen and oxygen atoms in total. The maximum absolute atomic E-state index is 12.0. The molecule has 0 radical (unpaired) electrons. The quantitative estimate of drug-likeness (QED) is 0.348. The van der Waals surface area contributed by atoms with Crippen molar-refractivity contribution < 1.29 is 9.53 Å².